The van der Waals surface area contributed by atoms with Crippen LogP contribution in [0, 0.1) is 5.92 Å². The van der Waals surface area contributed by atoms with Gasteiger partial charge in [0.1, 0.15) is 5.75 Å². The first-order valence-corrected chi connectivity index (χ1v) is 10.5. The normalized spacial score (nSPS) is 14.6. The first-order chi connectivity index (χ1) is 14.1. The zero-order valence-electron chi connectivity index (χ0n) is 16.8. The van der Waals surface area contributed by atoms with Gasteiger partial charge in [-0.05, 0) is 61.9 Å². The fourth-order valence-electron chi connectivity index (χ4n) is 3.79. The molecule has 0 aliphatic carbocycles. The van der Waals surface area contributed by atoms with Crippen LogP contribution in [0.4, 0.5) is 4.79 Å². The lowest BCUT2D eigenvalue weighted by Gasteiger charge is -2.31. The number of carbonyl (C=O) groups is 2. The molecule has 1 saturated heterocycles. The Balaban J connectivity index is 1.30. The van der Waals surface area contributed by atoms with Crippen LogP contribution in [-0.2, 0) is 6.42 Å². The first-order valence-electron chi connectivity index (χ1n) is 10.5. The Morgan fingerprint density at radius 3 is 2.31 bits per heavy atom. The van der Waals surface area contributed by atoms with Crippen LogP contribution in [0.15, 0.2) is 54.6 Å². The van der Waals surface area contributed by atoms with E-state index in [-0.39, 0.29) is 23.5 Å². The zero-order valence-corrected chi connectivity index (χ0v) is 16.8. The molecule has 2 aromatic carbocycles. The summed E-state index contributed by atoms with van der Waals surface area (Å²) in [7, 11) is 0. The molecule has 2 N–H and O–H groups in total. The Kier molecular flexibility index (Phi) is 7.68. The first kappa shape index (κ1) is 20.9. The number of phenolic OH excluding ortho intramolecular Hbond substituents is 1. The summed E-state index contributed by atoms with van der Waals surface area (Å²) in [5.41, 5.74) is 1.99. The molecular weight excluding hydrogens is 364 g/mol. The van der Waals surface area contributed by atoms with Gasteiger partial charge in [0, 0.05) is 31.1 Å². The Morgan fingerprint density at radius 1 is 0.931 bits per heavy atom. The van der Waals surface area contributed by atoms with Gasteiger partial charge in [0.05, 0.1) is 0 Å². The highest BCUT2D eigenvalue weighted by molar-refractivity contribution is 5.98. The summed E-state index contributed by atoms with van der Waals surface area (Å²) in [6.45, 7) is 1.91. The number of carbonyl (C=O) groups excluding carboxylic acids is 2. The monoisotopic (exact) mass is 394 g/mol. The molecule has 5 heteroatoms. The number of benzene rings is 2. The number of hydrogen-bond acceptors (Lipinski definition) is 3. The number of hydrogen-bond donors (Lipinski definition) is 2. The highest BCUT2D eigenvalue weighted by Gasteiger charge is 2.27. The van der Waals surface area contributed by atoms with Crippen LogP contribution in [0.3, 0.4) is 0 Å². The molecule has 3 rings (SSSR count). The van der Waals surface area contributed by atoms with Crippen molar-refractivity contribution in [3.05, 3.63) is 65.7 Å². The topological polar surface area (TPSA) is 69.6 Å². The Labute approximate surface area is 172 Å². The molecule has 1 fully saturated rings. The summed E-state index contributed by atoms with van der Waals surface area (Å²) in [6, 6.07) is 16.8. The van der Waals surface area contributed by atoms with Gasteiger partial charge in [0.2, 0.25) is 0 Å². The van der Waals surface area contributed by atoms with E-state index in [0.29, 0.717) is 38.0 Å². The SMILES string of the molecule is O=C(c1ccc(O)cc1)C1CCN(C(=O)NCCCCCc2ccccc2)CC1. The highest BCUT2D eigenvalue weighted by Crippen LogP contribution is 2.23. The van der Waals surface area contributed by atoms with Crippen molar-refractivity contribution in [2.75, 3.05) is 19.6 Å². The lowest BCUT2D eigenvalue weighted by molar-refractivity contribution is 0.0854. The van der Waals surface area contributed by atoms with Gasteiger partial charge in [0.25, 0.3) is 0 Å². The number of Topliss-reactive ketones (excluding diaryl/α,β-unsaturated/α-hetero) is 1. The van der Waals surface area contributed by atoms with Crippen LogP contribution in [0.2, 0.25) is 0 Å². The molecule has 5 nitrogen and oxygen atoms in total. The van der Waals surface area contributed by atoms with E-state index < -0.39 is 0 Å². The average Bonchev–Trinajstić information content (AvgIpc) is 2.77. The minimum absolute atomic E-state index is 0.0245. The number of phenols is 1. The number of nitrogens with one attached hydrogen (secondary N) is 1. The number of nitrogens with zero attached hydrogens (tertiary/aromatic N) is 1. The van der Waals surface area contributed by atoms with Crippen LogP contribution in [0.1, 0.15) is 48.0 Å². The molecule has 29 heavy (non-hydrogen) atoms. The molecule has 1 heterocycles. The Bertz CT molecular complexity index is 782. The summed E-state index contributed by atoms with van der Waals surface area (Å²) in [6.07, 6.45) is 5.66. The van der Waals surface area contributed by atoms with Crippen LogP contribution < -0.4 is 5.32 Å². The standard InChI is InChI=1S/C24H30N2O3/c27-22-12-10-20(11-13-22)23(28)21-14-17-26(18-15-21)24(29)25-16-6-2-5-9-19-7-3-1-4-8-19/h1,3-4,7-8,10-13,21,27H,2,5-6,9,14-18H2,(H,25,29). The van der Waals surface area contributed by atoms with Gasteiger partial charge < -0.3 is 15.3 Å². The van der Waals surface area contributed by atoms with Crippen molar-refractivity contribution in [2.24, 2.45) is 5.92 Å². The van der Waals surface area contributed by atoms with Crippen molar-refractivity contribution in [3.8, 4) is 5.75 Å². The molecule has 2 amide bonds. The van der Waals surface area contributed by atoms with E-state index in [0.717, 1.165) is 25.7 Å². The predicted molar refractivity (Wildman–Crippen MR) is 114 cm³/mol. The number of urea groups is 1. The molecule has 1 aliphatic rings. The van der Waals surface area contributed by atoms with Crippen molar-refractivity contribution in [3.63, 3.8) is 0 Å². The maximum Gasteiger partial charge on any atom is 0.317 e. The van der Waals surface area contributed by atoms with Gasteiger partial charge in [-0.3, -0.25) is 4.79 Å². The summed E-state index contributed by atoms with van der Waals surface area (Å²) in [4.78, 5) is 26.7. The number of aromatic hydroxyl groups is 1. The number of unbranched alkanes of at least 4 members (excludes halogenated alkanes) is 2. The van der Waals surface area contributed by atoms with Gasteiger partial charge >= 0.3 is 6.03 Å². The van der Waals surface area contributed by atoms with Crippen LogP contribution in [0.5, 0.6) is 5.75 Å². The molecular formula is C24H30N2O3. The zero-order chi connectivity index (χ0) is 20.5. The van der Waals surface area contributed by atoms with Crippen LogP contribution in [-0.4, -0.2) is 41.5 Å². The van der Waals surface area contributed by atoms with Gasteiger partial charge in [-0.1, -0.05) is 36.8 Å². The number of rotatable bonds is 8. The average molecular weight is 395 g/mol. The van der Waals surface area contributed by atoms with E-state index in [4.69, 9.17) is 0 Å². The Morgan fingerprint density at radius 2 is 1.62 bits per heavy atom. The number of aryl methyl sites for hydroxylation is 1. The summed E-state index contributed by atoms with van der Waals surface area (Å²) in [5, 5.41) is 12.4. The molecule has 0 radical (unpaired) electrons. The minimum Gasteiger partial charge on any atom is -0.508 e. The molecule has 0 atom stereocenters. The molecule has 0 saturated carbocycles. The van der Waals surface area contributed by atoms with E-state index in [1.165, 1.54) is 17.7 Å². The van der Waals surface area contributed by atoms with E-state index >= 15 is 0 Å². The lowest BCUT2D eigenvalue weighted by atomic mass is 9.89. The van der Waals surface area contributed by atoms with Gasteiger partial charge in [-0.2, -0.15) is 0 Å². The van der Waals surface area contributed by atoms with E-state index in [9.17, 15) is 14.7 Å². The third-order valence-corrected chi connectivity index (χ3v) is 5.57. The van der Waals surface area contributed by atoms with Crippen molar-refractivity contribution in [2.45, 2.75) is 38.5 Å². The van der Waals surface area contributed by atoms with Crippen molar-refractivity contribution in [1.29, 1.82) is 0 Å². The second-order valence-corrected chi connectivity index (χ2v) is 7.70. The highest BCUT2D eigenvalue weighted by atomic mass is 16.3. The molecule has 0 bridgehead atoms. The Hall–Kier alpha value is -2.82. The molecule has 154 valence electrons. The van der Waals surface area contributed by atoms with Gasteiger partial charge in [-0.25, -0.2) is 4.79 Å². The van der Waals surface area contributed by atoms with Gasteiger partial charge in [0.15, 0.2) is 5.78 Å². The number of piperidine rings is 1. The van der Waals surface area contributed by atoms with Crippen molar-refractivity contribution >= 4 is 11.8 Å². The fourth-order valence-corrected chi connectivity index (χ4v) is 3.79. The molecule has 1 aliphatic heterocycles. The van der Waals surface area contributed by atoms with Gasteiger partial charge in [-0.15, -0.1) is 0 Å². The van der Waals surface area contributed by atoms with Crippen LogP contribution >= 0.6 is 0 Å². The fraction of sp³-hybridized carbons (Fsp3) is 0.417. The smallest absolute Gasteiger partial charge is 0.317 e. The molecule has 2 aromatic rings. The second kappa shape index (κ2) is 10.6. The summed E-state index contributed by atoms with van der Waals surface area (Å²) < 4.78 is 0. The number of amides is 2. The minimum atomic E-state index is -0.0541. The third-order valence-electron chi connectivity index (χ3n) is 5.57. The number of ketones is 1. The van der Waals surface area contributed by atoms with Crippen molar-refractivity contribution in [1.82, 2.24) is 10.2 Å². The summed E-state index contributed by atoms with van der Waals surface area (Å²) >= 11 is 0. The number of likely N-dealkylation sites (tertiary alicyclic amines) is 1. The van der Waals surface area contributed by atoms with Crippen molar-refractivity contribution < 1.29 is 14.7 Å². The predicted octanol–water partition coefficient (Wildman–Crippen LogP) is 4.41. The maximum absolute atomic E-state index is 12.6. The largest absolute Gasteiger partial charge is 0.508 e. The van der Waals surface area contributed by atoms with E-state index in [1.807, 2.05) is 11.0 Å². The van der Waals surface area contributed by atoms with Crippen LogP contribution in [0.25, 0.3) is 0 Å². The van der Waals surface area contributed by atoms with E-state index in [2.05, 4.69) is 29.6 Å². The molecule has 0 aromatic heterocycles. The maximum atomic E-state index is 12.6. The van der Waals surface area contributed by atoms with E-state index in [1.54, 1.807) is 12.1 Å². The quantitative estimate of drug-likeness (QED) is 0.515. The lowest BCUT2D eigenvalue weighted by Crippen LogP contribution is -2.45. The molecule has 0 unspecified atom stereocenters. The molecule has 0 spiro atoms. The second-order valence-electron chi connectivity index (χ2n) is 7.70. The third kappa shape index (κ3) is 6.34. The summed E-state index contributed by atoms with van der Waals surface area (Å²) in [5.74, 6) is 0.207.